The van der Waals surface area contributed by atoms with Crippen molar-refractivity contribution in [2.45, 2.75) is 31.8 Å². The molecule has 2 fully saturated rings. The number of aromatic nitrogens is 2. The summed E-state index contributed by atoms with van der Waals surface area (Å²) in [6, 6.07) is 11.9. The Morgan fingerprint density at radius 1 is 1.26 bits per heavy atom. The molecule has 5 nitrogen and oxygen atoms in total. The Bertz CT molecular complexity index is 706. The molecule has 2 aromatic rings. The molecule has 1 aromatic carbocycles. The van der Waals surface area contributed by atoms with Gasteiger partial charge in [-0.2, -0.15) is 5.10 Å². The van der Waals surface area contributed by atoms with Crippen LogP contribution in [0.25, 0.3) is 5.69 Å². The molecule has 1 aromatic heterocycles. The Morgan fingerprint density at radius 2 is 2.04 bits per heavy atom. The number of rotatable bonds is 3. The Morgan fingerprint density at radius 3 is 2.74 bits per heavy atom. The lowest BCUT2D eigenvalue weighted by molar-refractivity contribution is -0.0127. The lowest BCUT2D eigenvalue weighted by atomic mass is 10.2. The van der Waals surface area contributed by atoms with Gasteiger partial charge in [-0.05, 0) is 38.0 Å². The van der Waals surface area contributed by atoms with Gasteiger partial charge < -0.3 is 9.64 Å². The molecule has 0 unspecified atom stereocenters. The van der Waals surface area contributed by atoms with Crippen molar-refractivity contribution in [3.63, 3.8) is 0 Å². The summed E-state index contributed by atoms with van der Waals surface area (Å²) in [6.45, 7) is 3.88. The highest BCUT2D eigenvalue weighted by Crippen LogP contribution is 2.39. The van der Waals surface area contributed by atoms with E-state index in [-0.39, 0.29) is 12.0 Å². The second-order valence-electron chi connectivity index (χ2n) is 6.41. The number of carbonyl (C=O) groups excluding carboxylic acids is 1. The van der Waals surface area contributed by atoms with E-state index in [0.717, 1.165) is 11.4 Å². The number of amides is 1. The highest BCUT2D eigenvalue weighted by Gasteiger charge is 2.31. The van der Waals surface area contributed by atoms with Crippen molar-refractivity contribution in [1.29, 1.82) is 0 Å². The first-order chi connectivity index (χ1) is 11.2. The molecular formula is C18H21N3O2. The fraction of sp³-hybridized carbons (Fsp3) is 0.444. The standard InChI is InChI=1S/C18H21N3O2/c1-13-12-20(9-10-23-13)18(22)17-11-16(14-7-8-14)19-21(17)15-5-3-2-4-6-15/h2-6,11,13-14H,7-10,12H2,1H3/t13-/m0/s1. The average Bonchev–Trinajstić information content (AvgIpc) is 3.34. The number of carbonyl (C=O) groups is 1. The predicted octanol–water partition coefficient (Wildman–Crippen LogP) is 2.61. The highest BCUT2D eigenvalue weighted by atomic mass is 16.5. The third-order valence-corrected chi connectivity index (χ3v) is 4.47. The van der Waals surface area contributed by atoms with Crippen LogP contribution >= 0.6 is 0 Å². The van der Waals surface area contributed by atoms with Crippen molar-refractivity contribution in [3.05, 3.63) is 47.8 Å². The Balaban J connectivity index is 1.70. The maximum absolute atomic E-state index is 13.0. The van der Waals surface area contributed by atoms with Gasteiger partial charge in [-0.15, -0.1) is 0 Å². The first-order valence-electron chi connectivity index (χ1n) is 8.28. The molecular weight excluding hydrogens is 290 g/mol. The number of nitrogens with zero attached hydrogens (tertiary/aromatic N) is 3. The van der Waals surface area contributed by atoms with E-state index in [1.165, 1.54) is 12.8 Å². The summed E-state index contributed by atoms with van der Waals surface area (Å²) in [6.07, 6.45) is 2.44. The van der Waals surface area contributed by atoms with Gasteiger partial charge in [-0.25, -0.2) is 4.68 Å². The number of ether oxygens (including phenoxy) is 1. The predicted molar refractivity (Wildman–Crippen MR) is 86.9 cm³/mol. The first-order valence-corrected chi connectivity index (χ1v) is 8.28. The molecule has 2 heterocycles. The molecule has 1 saturated carbocycles. The lowest BCUT2D eigenvalue weighted by Crippen LogP contribution is -2.45. The van der Waals surface area contributed by atoms with E-state index in [2.05, 4.69) is 0 Å². The Hall–Kier alpha value is -2.14. The number of hydrogen-bond donors (Lipinski definition) is 0. The lowest BCUT2D eigenvalue weighted by Gasteiger charge is -2.31. The maximum atomic E-state index is 13.0. The van der Waals surface area contributed by atoms with Crippen LogP contribution in [0.15, 0.2) is 36.4 Å². The van der Waals surface area contributed by atoms with E-state index in [4.69, 9.17) is 9.84 Å². The van der Waals surface area contributed by atoms with Crippen LogP contribution in [0.3, 0.4) is 0 Å². The van der Waals surface area contributed by atoms with Crippen molar-refractivity contribution in [1.82, 2.24) is 14.7 Å². The van der Waals surface area contributed by atoms with E-state index in [0.29, 0.717) is 31.3 Å². The van der Waals surface area contributed by atoms with E-state index in [1.807, 2.05) is 48.2 Å². The van der Waals surface area contributed by atoms with Crippen molar-refractivity contribution < 1.29 is 9.53 Å². The van der Waals surface area contributed by atoms with Crippen LogP contribution in [0.1, 0.15) is 41.9 Å². The maximum Gasteiger partial charge on any atom is 0.272 e. The molecule has 2 aliphatic rings. The number of para-hydroxylation sites is 1. The molecule has 1 atom stereocenters. The molecule has 1 aliphatic carbocycles. The van der Waals surface area contributed by atoms with Crippen molar-refractivity contribution in [2.75, 3.05) is 19.7 Å². The van der Waals surface area contributed by atoms with Crippen LogP contribution < -0.4 is 0 Å². The topological polar surface area (TPSA) is 47.4 Å². The molecule has 0 bridgehead atoms. The van der Waals surface area contributed by atoms with Gasteiger partial charge in [0.1, 0.15) is 5.69 Å². The average molecular weight is 311 g/mol. The van der Waals surface area contributed by atoms with Crippen LogP contribution in [0.5, 0.6) is 0 Å². The zero-order valence-corrected chi connectivity index (χ0v) is 13.3. The zero-order valence-electron chi connectivity index (χ0n) is 13.3. The molecule has 5 heteroatoms. The Labute approximate surface area is 135 Å². The summed E-state index contributed by atoms with van der Waals surface area (Å²) in [7, 11) is 0. The Kier molecular flexibility index (Phi) is 3.65. The first kappa shape index (κ1) is 14.5. The van der Waals surface area contributed by atoms with Crippen LogP contribution in [-0.2, 0) is 4.74 Å². The molecule has 4 rings (SSSR count). The summed E-state index contributed by atoms with van der Waals surface area (Å²) in [5, 5.41) is 4.72. The number of hydrogen-bond acceptors (Lipinski definition) is 3. The van der Waals surface area contributed by atoms with Crippen LogP contribution in [0.4, 0.5) is 0 Å². The van der Waals surface area contributed by atoms with E-state index >= 15 is 0 Å². The molecule has 1 amide bonds. The monoisotopic (exact) mass is 311 g/mol. The molecule has 120 valence electrons. The third kappa shape index (κ3) is 2.88. The largest absolute Gasteiger partial charge is 0.375 e. The summed E-state index contributed by atoms with van der Waals surface area (Å²) < 4.78 is 7.35. The van der Waals surface area contributed by atoms with Gasteiger partial charge in [0.2, 0.25) is 0 Å². The van der Waals surface area contributed by atoms with E-state index in [1.54, 1.807) is 4.68 Å². The van der Waals surface area contributed by atoms with Gasteiger partial charge in [0, 0.05) is 19.0 Å². The number of morpholine rings is 1. The minimum atomic E-state index is 0.0448. The molecule has 0 radical (unpaired) electrons. The SMILES string of the molecule is C[C@H]1CN(C(=O)c2cc(C3CC3)nn2-c2ccccc2)CCO1. The van der Waals surface area contributed by atoms with Gasteiger partial charge in [-0.1, -0.05) is 18.2 Å². The van der Waals surface area contributed by atoms with Crippen LogP contribution in [0, 0.1) is 0 Å². The molecule has 1 aliphatic heterocycles. The molecule has 23 heavy (non-hydrogen) atoms. The van der Waals surface area contributed by atoms with Gasteiger partial charge in [0.05, 0.1) is 24.1 Å². The van der Waals surface area contributed by atoms with E-state index in [9.17, 15) is 4.79 Å². The van der Waals surface area contributed by atoms with E-state index < -0.39 is 0 Å². The summed E-state index contributed by atoms with van der Waals surface area (Å²) in [5.41, 5.74) is 2.63. The zero-order chi connectivity index (χ0) is 15.8. The second kappa shape index (κ2) is 5.81. The minimum absolute atomic E-state index is 0.0448. The van der Waals surface area contributed by atoms with Gasteiger partial charge in [0.15, 0.2) is 0 Å². The summed E-state index contributed by atoms with van der Waals surface area (Å²) in [5.74, 6) is 0.568. The molecule has 0 N–H and O–H groups in total. The smallest absolute Gasteiger partial charge is 0.272 e. The summed E-state index contributed by atoms with van der Waals surface area (Å²) in [4.78, 5) is 14.9. The second-order valence-corrected chi connectivity index (χ2v) is 6.41. The third-order valence-electron chi connectivity index (χ3n) is 4.47. The minimum Gasteiger partial charge on any atom is -0.375 e. The van der Waals surface area contributed by atoms with Crippen molar-refractivity contribution in [2.24, 2.45) is 0 Å². The quantitative estimate of drug-likeness (QED) is 0.875. The fourth-order valence-electron chi connectivity index (χ4n) is 3.06. The molecule has 1 saturated heterocycles. The summed E-state index contributed by atoms with van der Waals surface area (Å²) >= 11 is 0. The molecule has 0 spiro atoms. The number of benzene rings is 1. The van der Waals surface area contributed by atoms with Gasteiger partial charge in [-0.3, -0.25) is 4.79 Å². The van der Waals surface area contributed by atoms with Crippen molar-refractivity contribution in [3.8, 4) is 5.69 Å². The van der Waals surface area contributed by atoms with Crippen molar-refractivity contribution >= 4 is 5.91 Å². The highest BCUT2D eigenvalue weighted by molar-refractivity contribution is 5.93. The van der Waals surface area contributed by atoms with Gasteiger partial charge in [0.25, 0.3) is 5.91 Å². The van der Waals surface area contributed by atoms with Crippen LogP contribution in [-0.4, -0.2) is 46.4 Å². The normalized spacial score (nSPS) is 21.4. The fourth-order valence-corrected chi connectivity index (χ4v) is 3.06. The van der Waals surface area contributed by atoms with Gasteiger partial charge >= 0.3 is 0 Å². The van der Waals surface area contributed by atoms with Crippen LogP contribution in [0.2, 0.25) is 0 Å².